The lowest BCUT2D eigenvalue weighted by molar-refractivity contribution is -0.140. The zero-order valence-electron chi connectivity index (χ0n) is 15.7. The molecule has 0 aromatic heterocycles. The molecule has 3 rings (SSSR count). The van der Waals surface area contributed by atoms with Crippen LogP contribution in [0, 0.1) is 5.92 Å². The molecule has 0 aromatic rings. The Morgan fingerprint density at radius 1 is 1.22 bits per heavy atom. The second-order valence-corrected chi connectivity index (χ2v) is 7.55. The Kier molecular flexibility index (Phi) is 5.50. The van der Waals surface area contributed by atoms with Gasteiger partial charge in [0.1, 0.15) is 12.1 Å². The van der Waals surface area contributed by atoms with E-state index in [0.717, 1.165) is 17.7 Å². The topological polar surface area (TPSA) is 102 Å². The molecular weight excluding hydrogens is 350 g/mol. The average molecular weight is 377 g/mol. The zero-order chi connectivity index (χ0) is 19.6. The van der Waals surface area contributed by atoms with Gasteiger partial charge in [-0.05, 0) is 25.7 Å². The van der Waals surface area contributed by atoms with Crippen molar-refractivity contribution in [1.82, 2.24) is 25.3 Å². The number of nitrogens with one attached hydrogen (secondary N) is 2. The summed E-state index contributed by atoms with van der Waals surface area (Å²) in [6.45, 7) is 7.87. The van der Waals surface area contributed by atoms with Crippen molar-refractivity contribution in [3.63, 3.8) is 0 Å². The molecule has 2 N–H and O–H groups in total. The second kappa shape index (κ2) is 7.67. The number of carbonyl (C=O) groups is 4. The van der Waals surface area contributed by atoms with Gasteiger partial charge in [-0.2, -0.15) is 0 Å². The Labute approximate surface area is 158 Å². The van der Waals surface area contributed by atoms with Crippen LogP contribution in [-0.4, -0.2) is 89.8 Å². The average Bonchev–Trinajstić information content (AvgIpc) is 3.46. The Balaban J connectivity index is 1.47. The number of hydrogen-bond acceptors (Lipinski definition) is 5. The highest BCUT2D eigenvalue weighted by molar-refractivity contribution is 6.09. The maximum Gasteiger partial charge on any atom is 0.325 e. The van der Waals surface area contributed by atoms with E-state index in [1.165, 1.54) is 0 Å². The molecule has 0 radical (unpaired) electrons. The lowest BCUT2D eigenvalue weighted by Gasteiger charge is -2.34. The molecule has 3 aliphatic rings. The summed E-state index contributed by atoms with van der Waals surface area (Å²) in [5, 5.41) is 5.48. The van der Waals surface area contributed by atoms with Crippen LogP contribution in [-0.2, 0) is 14.4 Å². The lowest BCUT2D eigenvalue weighted by atomic mass is 9.96. The van der Waals surface area contributed by atoms with Gasteiger partial charge in [0.2, 0.25) is 11.8 Å². The van der Waals surface area contributed by atoms with Gasteiger partial charge in [-0.25, -0.2) is 4.79 Å². The fourth-order valence-electron chi connectivity index (χ4n) is 3.63. The molecule has 3 fully saturated rings. The molecule has 9 heteroatoms. The number of hydrogen-bond donors (Lipinski definition) is 2. The summed E-state index contributed by atoms with van der Waals surface area (Å²) in [6.07, 6.45) is 3.47. The number of urea groups is 1. The Hall–Kier alpha value is -2.42. The van der Waals surface area contributed by atoms with Gasteiger partial charge in [-0.15, -0.1) is 6.58 Å². The Bertz CT molecular complexity index is 654. The minimum absolute atomic E-state index is 0.0756. The zero-order valence-corrected chi connectivity index (χ0v) is 15.7. The highest BCUT2D eigenvalue weighted by Crippen LogP contribution is 2.42. The van der Waals surface area contributed by atoms with Crippen LogP contribution >= 0.6 is 0 Å². The third-order valence-corrected chi connectivity index (χ3v) is 5.52. The third kappa shape index (κ3) is 4.13. The van der Waals surface area contributed by atoms with Crippen molar-refractivity contribution in [2.45, 2.75) is 25.3 Å². The number of rotatable bonds is 7. The van der Waals surface area contributed by atoms with Crippen LogP contribution in [0.2, 0.25) is 0 Å². The molecule has 0 aromatic carbocycles. The Morgan fingerprint density at radius 2 is 1.89 bits per heavy atom. The van der Waals surface area contributed by atoms with Gasteiger partial charge in [0.15, 0.2) is 0 Å². The van der Waals surface area contributed by atoms with Gasteiger partial charge in [-0.3, -0.25) is 24.2 Å². The first kappa shape index (κ1) is 19.3. The van der Waals surface area contributed by atoms with E-state index in [1.54, 1.807) is 17.9 Å². The van der Waals surface area contributed by atoms with E-state index in [-0.39, 0.29) is 36.7 Å². The van der Waals surface area contributed by atoms with Crippen molar-refractivity contribution in [2.75, 3.05) is 45.8 Å². The molecule has 2 aliphatic heterocycles. The monoisotopic (exact) mass is 377 g/mol. The molecule has 27 heavy (non-hydrogen) atoms. The quantitative estimate of drug-likeness (QED) is 0.445. The first-order chi connectivity index (χ1) is 12.8. The maximum atomic E-state index is 12.6. The van der Waals surface area contributed by atoms with Gasteiger partial charge >= 0.3 is 6.03 Å². The lowest BCUT2D eigenvalue weighted by Crippen LogP contribution is -2.53. The minimum atomic E-state index is -0.866. The molecule has 1 unspecified atom stereocenters. The van der Waals surface area contributed by atoms with Crippen molar-refractivity contribution < 1.29 is 19.2 Å². The van der Waals surface area contributed by atoms with Gasteiger partial charge < -0.3 is 15.5 Å². The van der Waals surface area contributed by atoms with Crippen LogP contribution in [0.5, 0.6) is 0 Å². The summed E-state index contributed by atoms with van der Waals surface area (Å²) in [4.78, 5) is 53.7. The minimum Gasteiger partial charge on any atom is -0.352 e. The van der Waals surface area contributed by atoms with E-state index in [4.69, 9.17) is 0 Å². The van der Waals surface area contributed by atoms with E-state index in [9.17, 15) is 19.2 Å². The molecule has 148 valence electrons. The van der Waals surface area contributed by atoms with Crippen LogP contribution < -0.4 is 10.6 Å². The molecule has 2 heterocycles. The first-order valence-electron chi connectivity index (χ1n) is 9.37. The SMILES string of the molecule is C=CCNC(=O)CN1CCN(C(=O)CN2C(=O)NC(C)(C3CC3)C2=O)CC1. The van der Waals surface area contributed by atoms with E-state index in [0.29, 0.717) is 32.7 Å². The third-order valence-electron chi connectivity index (χ3n) is 5.52. The fourth-order valence-corrected chi connectivity index (χ4v) is 3.63. The number of imide groups is 1. The normalized spacial score (nSPS) is 26.1. The van der Waals surface area contributed by atoms with Crippen molar-refractivity contribution >= 4 is 23.8 Å². The largest absolute Gasteiger partial charge is 0.352 e. The van der Waals surface area contributed by atoms with Crippen LogP contribution in [0.1, 0.15) is 19.8 Å². The van der Waals surface area contributed by atoms with Crippen LogP contribution in [0.3, 0.4) is 0 Å². The van der Waals surface area contributed by atoms with Crippen LogP contribution in [0.25, 0.3) is 0 Å². The summed E-state index contributed by atoms with van der Waals surface area (Å²) >= 11 is 0. The van der Waals surface area contributed by atoms with E-state index in [1.807, 2.05) is 4.90 Å². The molecule has 2 saturated heterocycles. The Morgan fingerprint density at radius 3 is 2.48 bits per heavy atom. The van der Waals surface area contributed by atoms with Crippen molar-refractivity contribution in [1.29, 1.82) is 0 Å². The second-order valence-electron chi connectivity index (χ2n) is 7.55. The molecule has 0 bridgehead atoms. The summed E-state index contributed by atoms with van der Waals surface area (Å²) < 4.78 is 0. The van der Waals surface area contributed by atoms with Crippen molar-refractivity contribution in [3.05, 3.63) is 12.7 Å². The summed E-state index contributed by atoms with van der Waals surface area (Å²) in [7, 11) is 0. The highest BCUT2D eigenvalue weighted by Gasteiger charge is 2.56. The molecule has 9 nitrogen and oxygen atoms in total. The number of amides is 5. The standard InChI is InChI=1S/C18H27N5O4/c1-3-6-19-14(24)11-21-7-9-22(10-8-21)15(25)12-23-16(26)18(2,13-4-5-13)20-17(23)27/h3,13H,1,4-12H2,2H3,(H,19,24)(H,20,27). The molecule has 1 atom stereocenters. The molecule has 5 amide bonds. The van der Waals surface area contributed by atoms with Crippen LogP contribution in [0.15, 0.2) is 12.7 Å². The molecule has 0 spiro atoms. The summed E-state index contributed by atoms with van der Waals surface area (Å²) in [5.74, 6) is -0.451. The number of piperazine rings is 1. The van der Waals surface area contributed by atoms with Crippen molar-refractivity contribution in [3.8, 4) is 0 Å². The number of carbonyl (C=O) groups excluding carboxylic acids is 4. The molecular formula is C18H27N5O4. The maximum absolute atomic E-state index is 12.6. The fraction of sp³-hybridized carbons (Fsp3) is 0.667. The van der Waals surface area contributed by atoms with Gasteiger partial charge in [0.05, 0.1) is 6.54 Å². The van der Waals surface area contributed by atoms with Crippen LogP contribution in [0.4, 0.5) is 4.79 Å². The van der Waals surface area contributed by atoms with E-state index in [2.05, 4.69) is 17.2 Å². The van der Waals surface area contributed by atoms with Gasteiger partial charge in [0.25, 0.3) is 5.91 Å². The molecule has 1 saturated carbocycles. The summed E-state index contributed by atoms with van der Waals surface area (Å²) in [5.41, 5.74) is -0.866. The highest BCUT2D eigenvalue weighted by atomic mass is 16.2. The number of nitrogens with zero attached hydrogens (tertiary/aromatic N) is 3. The van der Waals surface area contributed by atoms with Crippen molar-refractivity contribution in [2.24, 2.45) is 5.92 Å². The van der Waals surface area contributed by atoms with Gasteiger partial charge in [0, 0.05) is 32.7 Å². The predicted octanol–water partition coefficient (Wildman–Crippen LogP) is -0.847. The smallest absolute Gasteiger partial charge is 0.325 e. The van der Waals surface area contributed by atoms with E-state index < -0.39 is 11.6 Å². The van der Waals surface area contributed by atoms with E-state index >= 15 is 0 Å². The molecule has 1 aliphatic carbocycles. The predicted molar refractivity (Wildman–Crippen MR) is 97.6 cm³/mol. The summed E-state index contributed by atoms with van der Waals surface area (Å²) in [6, 6.07) is -0.486. The first-order valence-corrected chi connectivity index (χ1v) is 9.37. The van der Waals surface area contributed by atoms with Gasteiger partial charge in [-0.1, -0.05) is 6.08 Å².